The third-order valence-corrected chi connectivity index (χ3v) is 4.64. The quantitative estimate of drug-likeness (QED) is 0.418. The van der Waals surface area contributed by atoms with Crippen molar-refractivity contribution >= 4 is 24.0 Å². The van der Waals surface area contributed by atoms with Crippen molar-refractivity contribution in [2.45, 2.75) is 31.8 Å². The van der Waals surface area contributed by atoms with Crippen molar-refractivity contribution in [3.8, 4) is 0 Å². The van der Waals surface area contributed by atoms with Crippen LogP contribution in [-0.2, 0) is 10.9 Å². The van der Waals surface area contributed by atoms with E-state index < -0.39 is 29.3 Å². The minimum atomic E-state index is -4.66. The summed E-state index contributed by atoms with van der Waals surface area (Å²) in [4.78, 5) is 11.9. The lowest BCUT2D eigenvalue weighted by Gasteiger charge is -2.20. The standard InChI is InChI=1S/C20H18F6N7O/c1-18(2)9-33(10-34-18)17-31-15(12-4-3-5-13(29-12)19(21,22)23)30-16(32-17)28-11-6-7-27-14(8-11)20(24,25)26/h3-8,10,29H,9H2,1-2H3,(H2,27,28,30,31,32)/q+1. The van der Waals surface area contributed by atoms with E-state index >= 15 is 0 Å². The maximum atomic E-state index is 13.2. The van der Waals surface area contributed by atoms with Gasteiger partial charge in [-0.3, -0.25) is 10.3 Å². The lowest BCUT2D eigenvalue weighted by atomic mass is 10.1. The molecule has 0 unspecified atom stereocenters. The molecule has 0 aliphatic carbocycles. The van der Waals surface area contributed by atoms with E-state index in [1.807, 2.05) is 13.8 Å². The molecular formula is C20H18F6N7O+. The van der Waals surface area contributed by atoms with Crippen molar-refractivity contribution in [2.75, 3.05) is 11.9 Å². The first-order chi connectivity index (χ1) is 15.8. The number of guanidine groups is 2. The number of nitrogens with zero attached hydrogens (tertiary/aromatic N) is 4. The minimum Gasteiger partial charge on any atom is -0.464 e. The molecule has 8 nitrogen and oxygen atoms in total. The van der Waals surface area contributed by atoms with Crippen LogP contribution in [0.4, 0.5) is 32.0 Å². The normalized spacial score (nSPS) is 22.0. The number of dihydropyridines is 1. The summed E-state index contributed by atoms with van der Waals surface area (Å²) >= 11 is 0. The van der Waals surface area contributed by atoms with Crippen molar-refractivity contribution in [2.24, 2.45) is 9.98 Å². The van der Waals surface area contributed by atoms with Gasteiger partial charge in [-0.2, -0.15) is 30.9 Å². The smallest absolute Gasteiger partial charge is 0.441 e. The summed E-state index contributed by atoms with van der Waals surface area (Å²) in [5.74, 6) is -0.0530. The van der Waals surface area contributed by atoms with Crippen LogP contribution in [0.3, 0.4) is 0 Å². The predicted octanol–water partition coefficient (Wildman–Crippen LogP) is 3.45. The van der Waals surface area contributed by atoms with Gasteiger partial charge >= 0.3 is 18.3 Å². The van der Waals surface area contributed by atoms with E-state index in [-0.39, 0.29) is 29.1 Å². The zero-order valence-corrected chi connectivity index (χ0v) is 17.7. The summed E-state index contributed by atoms with van der Waals surface area (Å²) in [7, 11) is 0. The summed E-state index contributed by atoms with van der Waals surface area (Å²) < 4.78 is 85.7. The first kappa shape index (κ1) is 23.3. The van der Waals surface area contributed by atoms with E-state index in [9.17, 15) is 26.3 Å². The summed E-state index contributed by atoms with van der Waals surface area (Å²) in [5, 5.41) is 7.67. The molecule has 0 saturated heterocycles. The van der Waals surface area contributed by atoms with Gasteiger partial charge < -0.3 is 15.4 Å². The van der Waals surface area contributed by atoms with Gasteiger partial charge in [0.25, 0.3) is 5.96 Å². The Morgan fingerprint density at radius 2 is 1.85 bits per heavy atom. The zero-order chi connectivity index (χ0) is 24.7. The van der Waals surface area contributed by atoms with Crippen LogP contribution in [0.25, 0.3) is 0 Å². The Bertz CT molecular complexity index is 1190. The predicted molar refractivity (Wildman–Crippen MR) is 111 cm³/mol. The lowest BCUT2D eigenvalue weighted by Crippen LogP contribution is -2.40. The molecule has 0 bridgehead atoms. The molecule has 1 aromatic rings. The van der Waals surface area contributed by atoms with Gasteiger partial charge in [0.1, 0.15) is 23.5 Å². The highest BCUT2D eigenvalue weighted by Gasteiger charge is 2.38. The topological polar surface area (TPSA) is 85.9 Å². The van der Waals surface area contributed by atoms with Crippen LogP contribution in [0, 0.1) is 0 Å². The molecule has 14 heteroatoms. The number of aromatic nitrogens is 1. The van der Waals surface area contributed by atoms with Gasteiger partial charge in [0.05, 0.1) is 5.70 Å². The second-order valence-electron chi connectivity index (χ2n) is 7.99. The largest absolute Gasteiger partial charge is 0.464 e. The van der Waals surface area contributed by atoms with E-state index in [4.69, 9.17) is 4.74 Å². The zero-order valence-electron chi connectivity index (χ0n) is 17.7. The van der Waals surface area contributed by atoms with E-state index in [0.717, 1.165) is 18.3 Å². The highest BCUT2D eigenvalue weighted by Crippen LogP contribution is 2.29. The molecule has 4 heterocycles. The van der Waals surface area contributed by atoms with Gasteiger partial charge in [-0.1, -0.05) is 6.08 Å². The van der Waals surface area contributed by atoms with Crippen molar-refractivity contribution in [1.29, 1.82) is 0 Å². The third-order valence-electron chi connectivity index (χ3n) is 4.64. The number of hydrogen-bond donors (Lipinski definition) is 3. The molecular weight excluding hydrogens is 468 g/mol. The Labute approximate surface area is 189 Å². The fourth-order valence-electron chi connectivity index (χ4n) is 3.09. The number of aliphatic imine (C=N–C) groups is 2. The van der Waals surface area contributed by atoms with Gasteiger partial charge in [-0.05, 0) is 48.1 Å². The molecule has 3 aliphatic heterocycles. The van der Waals surface area contributed by atoms with Gasteiger partial charge in [0, 0.05) is 11.9 Å². The Hall–Kier alpha value is -3.84. The fourth-order valence-corrected chi connectivity index (χ4v) is 3.09. The molecule has 0 fully saturated rings. The number of nitrogens with one attached hydrogen (secondary N) is 3. The first-order valence-electron chi connectivity index (χ1n) is 9.79. The van der Waals surface area contributed by atoms with Crippen molar-refractivity contribution in [3.05, 3.63) is 59.5 Å². The van der Waals surface area contributed by atoms with Gasteiger partial charge in [-0.15, -0.1) is 0 Å². The Morgan fingerprint density at radius 3 is 2.50 bits per heavy atom. The Balaban J connectivity index is 1.69. The summed E-state index contributed by atoms with van der Waals surface area (Å²) in [6.07, 6.45) is -3.52. The van der Waals surface area contributed by atoms with Crippen LogP contribution in [0.15, 0.2) is 63.8 Å². The second kappa shape index (κ2) is 8.18. The van der Waals surface area contributed by atoms with Crippen LogP contribution >= 0.6 is 0 Å². The molecule has 3 N–H and O–H groups in total. The molecule has 4 rings (SSSR count). The number of ether oxygens (including phenoxy) is 1. The second-order valence-corrected chi connectivity index (χ2v) is 7.99. The highest BCUT2D eigenvalue weighted by atomic mass is 19.4. The number of rotatable bonds is 1. The van der Waals surface area contributed by atoms with E-state index in [1.165, 1.54) is 29.2 Å². The number of pyridine rings is 1. The van der Waals surface area contributed by atoms with Gasteiger partial charge in [0.15, 0.2) is 0 Å². The number of anilines is 1. The average Bonchev–Trinajstić information content (AvgIpc) is 3.12. The van der Waals surface area contributed by atoms with E-state index in [1.54, 1.807) is 0 Å². The molecule has 0 aromatic carbocycles. The summed E-state index contributed by atoms with van der Waals surface area (Å²) in [6, 6.07) is 2.06. The summed E-state index contributed by atoms with van der Waals surface area (Å²) in [6.45, 7) is 3.96. The average molecular weight is 486 g/mol. The van der Waals surface area contributed by atoms with Crippen LogP contribution in [0.5, 0.6) is 0 Å². The minimum absolute atomic E-state index is 0.00387. The number of alkyl halides is 6. The molecule has 180 valence electrons. The molecule has 1 aromatic heterocycles. The van der Waals surface area contributed by atoms with E-state index in [2.05, 4.69) is 30.9 Å². The van der Waals surface area contributed by atoms with Crippen molar-refractivity contribution in [1.82, 2.24) is 15.6 Å². The van der Waals surface area contributed by atoms with Gasteiger partial charge in [-0.25, -0.2) is 0 Å². The SMILES string of the molecule is CC1(C)C[N+](C2=NC(=C3C=CC=C(C(F)(F)F)N3)NC(Nc3ccnc(C(F)(F)F)c3)=N2)=CO1. The number of hydrogen-bond acceptors (Lipinski definition) is 7. The molecule has 0 spiro atoms. The van der Waals surface area contributed by atoms with Crippen LogP contribution < -0.4 is 16.0 Å². The van der Waals surface area contributed by atoms with Crippen molar-refractivity contribution < 1.29 is 35.7 Å². The Kier molecular flexibility index (Phi) is 5.61. The Morgan fingerprint density at radius 1 is 1.09 bits per heavy atom. The molecule has 0 atom stereocenters. The lowest BCUT2D eigenvalue weighted by molar-refractivity contribution is -0.403. The van der Waals surface area contributed by atoms with Crippen LogP contribution in [-0.4, -0.2) is 46.2 Å². The number of halogens is 6. The fraction of sp³-hybridized carbons (Fsp3) is 0.300. The van der Waals surface area contributed by atoms with Gasteiger partial charge in [0.2, 0.25) is 12.2 Å². The molecule has 0 radical (unpaired) electrons. The molecule has 0 amide bonds. The maximum absolute atomic E-state index is 13.2. The molecule has 0 saturated carbocycles. The molecule has 34 heavy (non-hydrogen) atoms. The monoisotopic (exact) mass is 486 g/mol. The summed E-state index contributed by atoms with van der Waals surface area (Å²) in [5.41, 5.74) is -2.72. The maximum Gasteiger partial charge on any atom is 0.441 e. The van der Waals surface area contributed by atoms with Crippen molar-refractivity contribution in [3.63, 3.8) is 0 Å². The molecule has 3 aliphatic rings. The highest BCUT2D eigenvalue weighted by molar-refractivity contribution is 6.03. The van der Waals surface area contributed by atoms with Crippen LogP contribution in [0.2, 0.25) is 0 Å². The van der Waals surface area contributed by atoms with Crippen LogP contribution in [0.1, 0.15) is 19.5 Å². The first-order valence-corrected chi connectivity index (χ1v) is 9.79. The number of allylic oxidation sites excluding steroid dienone is 4. The third kappa shape index (κ3) is 5.21. The van der Waals surface area contributed by atoms with E-state index in [0.29, 0.717) is 6.54 Å².